The van der Waals surface area contributed by atoms with Crippen molar-refractivity contribution in [2.75, 3.05) is 20.1 Å². The van der Waals surface area contributed by atoms with E-state index in [4.69, 9.17) is 4.98 Å². The molecule has 1 unspecified atom stereocenters. The highest BCUT2D eigenvalue weighted by Crippen LogP contribution is 2.31. The smallest absolute Gasteiger partial charge is 0.224 e. The molecule has 1 aliphatic heterocycles. The van der Waals surface area contributed by atoms with E-state index in [1.54, 1.807) is 12.4 Å². The Kier molecular flexibility index (Phi) is 6.72. The van der Waals surface area contributed by atoms with Crippen molar-refractivity contribution < 1.29 is 4.79 Å². The molecule has 0 aromatic carbocycles. The van der Waals surface area contributed by atoms with E-state index in [0.717, 1.165) is 61.8 Å². The van der Waals surface area contributed by atoms with E-state index in [9.17, 15) is 4.79 Å². The molecule has 4 heterocycles. The number of aromatic nitrogens is 4. The minimum atomic E-state index is 0.0460. The van der Waals surface area contributed by atoms with E-state index in [0.29, 0.717) is 6.42 Å². The maximum Gasteiger partial charge on any atom is 0.224 e. The molecule has 1 saturated heterocycles. The van der Waals surface area contributed by atoms with Crippen LogP contribution in [0.25, 0.3) is 5.82 Å². The summed E-state index contributed by atoms with van der Waals surface area (Å²) in [5.74, 6) is 2.05. The Morgan fingerprint density at radius 1 is 1.23 bits per heavy atom. The molecule has 3 aromatic heterocycles. The van der Waals surface area contributed by atoms with Gasteiger partial charge < -0.3 is 9.80 Å². The van der Waals surface area contributed by atoms with Crippen LogP contribution in [-0.4, -0.2) is 55.4 Å². The number of hydrogen-bond donors (Lipinski definition) is 0. The molecule has 162 valence electrons. The Bertz CT molecular complexity index is 1000. The molecular weight excluding hydrogens is 388 g/mol. The largest absolute Gasteiger partial charge is 0.334 e. The van der Waals surface area contributed by atoms with Gasteiger partial charge in [0.25, 0.3) is 0 Å². The minimum Gasteiger partial charge on any atom is -0.334 e. The molecule has 31 heavy (non-hydrogen) atoms. The van der Waals surface area contributed by atoms with Crippen LogP contribution in [0.5, 0.6) is 0 Å². The van der Waals surface area contributed by atoms with Gasteiger partial charge in [-0.25, -0.2) is 9.97 Å². The molecule has 0 radical (unpaired) electrons. The van der Waals surface area contributed by atoms with Crippen molar-refractivity contribution in [1.82, 2.24) is 29.3 Å². The molecule has 1 atom stereocenters. The van der Waals surface area contributed by atoms with Crippen LogP contribution in [0.4, 0.5) is 0 Å². The zero-order chi connectivity index (χ0) is 21.6. The Labute approximate surface area is 183 Å². The lowest BCUT2D eigenvalue weighted by Crippen LogP contribution is -2.33. The van der Waals surface area contributed by atoms with Gasteiger partial charge >= 0.3 is 0 Å². The molecule has 4 rings (SSSR count). The summed E-state index contributed by atoms with van der Waals surface area (Å²) in [6, 6.07) is 10.1. The quantitative estimate of drug-likeness (QED) is 0.561. The van der Waals surface area contributed by atoms with Crippen LogP contribution in [0.1, 0.15) is 49.3 Å². The number of pyridine rings is 2. The van der Waals surface area contributed by atoms with Gasteiger partial charge in [0.1, 0.15) is 11.6 Å². The van der Waals surface area contributed by atoms with Crippen molar-refractivity contribution in [1.29, 1.82) is 0 Å². The van der Waals surface area contributed by atoms with E-state index in [2.05, 4.69) is 27.9 Å². The average molecular weight is 419 g/mol. The van der Waals surface area contributed by atoms with Gasteiger partial charge in [0.05, 0.1) is 11.7 Å². The third-order valence-electron chi connectivity index (χ3n) is 5.83. The lowest BCUT2D eigenvalue weighted by Gasteiger charge is -2.26. The number of rotatable bonds is 8. The average Bonchev–Trinajstić information content (AvgIpc) is 3.48. The first-order valence-corrected chi connectivity index (χ1v) is 11.0. The summed E-state index contributed by atoms with van der Waals surface area (Å²) >= 11 is 0. The first-order valence-electron chi connectivity index (χ1n) is 11.0. The fourth-order valence-corrected chi connectivity index (χ4v) is 4.25. The maximum atomic E-state index is 13.0. The Morgan fingerprint density at radius 3 is 2.94 bits per heavy atom. The monoisotopic (exact) mass is 418 g/mol. The Balaban J connectivity index is 1.41. The summed E-state index contributed by atoms with van der Waals surface area (Å²) in [5, 5.41) is 0. The van der Waals surface area contributed by atoms with Gasteiger partial charge in [-0.1, -0.05) is 19.1 Å². The fraction of sp³-hybridized carbons (Fsp3) is 0.417. The van der Waals surface area contributed by atoms with Crippen molar-refractivity contribution in [3.8, 4) is 5.82 Å². The van der Waals surface area contributed by atoms with Gasteiger partial charge in [-0.15, -0.1) is 0 Å². The van der Waals surface area contributed by atoms with Crippen molar-refractivity contribution >= 4 is 5.91 Å². The van der Waals surface area contributed by atoms with E-state index in [1.165, 1.54) is 0 Å². The SMILES string of the molecule is CCc1nccn1-c1cccc(C2CCCN2C(=O)CCN(C)Cc2cccnc2)n1. The lowest BCUT2D eigenvalue weighted by atomic mass is 10.1. The van der Waals surface area contributed by atoms with E-state index in [-0.39, 0.29) is 11.9 Å². The molecule has 1 fully saturated rings. The standard InChI is InChI=1S/C24H30N6O/c1-3-22-26-13-16-30(22)23-10-4-8-20(27-23)21-9-6-14-29(21)24(31)11-15-28(2)18-19-7-5-12-25-17-19/h4-5,7-8,10,12-13,16-17,21H,3,6,9,11,14-15,18H2,1-2H3. The lowest BCUT2D eigenvalue weighted by molar-refractivity contribution is -0.132. The number of nitrogens with zero attached hydrogens (tertiary/aromatic N) is 6. The van der Waals surface area contributed by atoms with Crippen LogP contribution < -0.4 is 0 Å². The maximum absolute atomic E-state index is 13.0. The molecular formula is C24H30N6O. The number of amides is 1. The summed E-state index contributed by atoms with van der Waals surface area (Å²) in [4.78, 5) is 30.7. The molecule has 7 heteroatoms. The Hall–Kier alpha value is -3.06. The first kappa shape index (κ1) is 21.2. The number of likely N-dealkylation sites (tertiary alicyclic amines) is 1. The third-order valence-corrected chi connectivity index (χ3v) is 5.83. The molecule has 0 saturated carbocycles. The predicted octanol–water partition coefficient (Wildman–Crippen LogP) is 3.41. The predicted molar refractivity (Wildman–Crippen MR) is 120 cm³/mol. The molecule has 1 aliphatic rings. The number of hydrogen-bond acceptors (Lipinski definition) is 5. The van der Waals surface area contributed by atoms with Crippen molar-refractivity contribution in [2.24, 2.45) is 0 Å². The van der Waals surface area contributed by atoms with E-state index < -0.39 is 0 Å². The van der Waals surface area contributed by atoms with Gasteiger partial charge in [-0.3, -0.25) is 14.3 Å². The fourth-order valence-electron chi connectivity index (χ4n) is 4.25. The summed E-state index contributed by atoms with van der Waals surface area (Å²) in [6.45, 7) is 4.40. The van der Waals surface area contributed by atoms with Gasteiger partial charge in [0.2, 0.25) is 5.91 Å². The van der Waals surface area contributed by atoms with Crippen LogP contribution in [-0.2, 0) is 17.8 Å². The highest BCUT2D eigenvalue weighted by molar-refractivity contribution is 5.77. The second-order valence-corrected chi connectivity index (χ2v) is 8.08. The summed E-state index contributed by atoms with van der Waals surface area (Å²) in [6.07, 6.45) is 10.7. The van der Waals surface area contributed by atoms with E-state index in [1.807, 2.05) is 53.2 Å². The Morgan fingerprint density at radius 2 is 2.13 bits per heavy atom. The van der Waals surface area contributed by atoms with Crippen molar-refractivity contribution in [2.45, 2.75) is 45.2 Å². The second-order valence-electron chi connectivity index (χ2n) is 8.08. The third kappa shape index (κ3) is 4.99. The second kappa shape index (κ2) is 9.83. The van der Waals surface area contributed by atoms with Crippen LogP contribution in [0.2, 0.25) is 0 Å². The van der Waals surface area contributed by atoms with E-state index >= 15 is 0 Å². The molecule has 0 N–H and O–H groups in total. The minimum absolute atomic E-state index is 0.0460. The van der Waals surface area contributed by atoms with Crippen LogP contribution >= 0.6 is 0 Å². The zero-order valence-corrected chi connectivity index (χ0v) is 18.3. The summed E-state index contributed by atoms with van der Waals surface area (Å²) in [5.41, 5.74) is 2.12. The van der Waals surface area contributed by atoms with Crippen LogP contribution in [0, 0.1) is 0 Å². The van der Waals surface area contributed by atoms with Gasteiger partial charge in [-0.2, -0.15) is 0 Å². The molecule has 1 amide bonds. The number of carbonyl (C=O) groups is 1. The summed E-state index contributed by atoms with van der Waals surface area (Å²) < 4.78 is 2.03. The topological polar surface area (TPSA) is 67.2 Å². The molecule has 0 aliphatic carbocycles. The van der Waals surface area contributed by atoms with Crippen LogP contribution in [0.15, 0.2) is 55.1 Å². The molecule has 0 spiro atoms. The van der Waals surface area contributed by atoms with Crippen molar-refractivity contribution in [3.63, 3.8) is 0 Å². The number of carbonyl (C=O) groups excluding carboxylic acids is 1. The first-order chi connectivity index (χ1) is 15.2. The van der Waals surface area contributed by atoms with Crippen molar-refractivity contribution in [3.05, 3.63) is 72.2 Å². The molecule has 3 aromatic rings. The van der Waals surface area contributed by atoms with Gasteiger partial charge in [0.15, 0.2) is 0 Å². The molecule has 7 nitrogen and oxygen atoms in total. The summed E-state index contributed by atoms with van der Waals surface area (Å²) in [7, 11) is 2.04. The number of imidazole rings is 1. The highest BCUT2D eigenvalue weighted by Gasteiger charge is 2.31. The molecule has 0 bridgehead atoms. The normalized spacial score (nSPS) is 16.2. The highest BCUT2D eigenvalue weighted by atomic mass is 16.2. The van der Waals surface area contributed by atoms with Crippen LogP contribution in [0.3, 0.4) is 0 Å². The van der Waals surface area contributed by atoms with Gasteiger partial charge in [-0.05, 0) is 43.7 Å². The number of aryl methyl sites for hydroxylation is 1. The van der Waals surface area contributed by atoms with Gasteiger partial charge in [0, 0.05) is 57.3 Å². The zero-order valence-electron chi connectivity index (χ0n) is 18.3.